The van der Waals surface area contributed by atoms with Crippen LogP contribution in [-0.2, 0) is 16.1 Å². The Labute approximate surface area is 134 Å². The van der Waals surface area contributed by atoms with Gasteiger partial charge in [-0.15, -0.1) is 11.8 Å². The van der Waals surface area contributed by atoms with E-state index in [2.05, 4.69) is 15.6 Å². The molecule has 0 spiro atoms. The zero-order valence-electron chi connectivity index (χ0n) is 12.2. The summed E-state index contributed by atoms with van der Waals surface area (Å²) in [5, 5.41) is 6.23. The number of hydrogen-bond acceptors (Lipinski definition) is 4. The third kappa shape index (κ3) is 3.68. The van der Waals surface area contributed by atoms with Crippen LogP contribution in [0.5, 0.6) is 0 Å². The number of thioether (sulfide) groups is 1. The summed E-state index contributed by atoms with van der Waals surface area (Å²) in [5.74, 6) is -0.361. The predicted molar refractivity (Wildman–Crippen MR) is 85.9 cm³/mol. The summed E-state index contributed by atoms with van der Waals surface area (Å²) in [5.41, 5.74) is 0.933. The standard InChI is InChI=1S/C16H19N3O2S/c20-15(18-10-11-4-3-7-17-9-11)8-14-16(21)19-12-5-1-2-6-13(12)22-14/h3-4,7-9,12-13H,1-2,5-6,10H2,(H,18,20)(H,19,21)/b14-8-. The van der Waals surface area contributed by atoms with Gasteiger partial charge in [0.25, 0.3) is 5.91 Å². The lowest BCUT2D eigenvalue weighted by molar-refractivity contribution is -0.119. The van der Waals surface area contributed by atoms with Crippen molar-refractivity contribution in [2.75, 3.05) is 0 Å². The molecule has 1 saturated heterocycles. The van der Waals surface area contributed by atoms with Crippen LogP contribution in [-0.4, -0.2) is 28.1 Å². The molecular weight excluding hydrogens is 298 g/mol. The predicted octanol–water partition coefficient (Wildman–Crippen LogP) is 1.76. The van der Waals surface area contributed by atoms with E-state index in [9.17, 15) is 9.59 Å². The van der Waals surface area contributed by atoms with E-state index in [0.717, 1.165) is 18.4 Å². The first-order valence-corrected chi connectivity index (χ1v) is 8.46. The van der Waals surface area contributed by atoms with Crippen LogP contribution >= 0.6 is 11.8 Å². The maximum Gasteiger partial charge on any atom is 0.258 e. The van der Waals surface area contributed by atoms with Crippen LogP contribution in [0, 0.1) is 0 Å². The van der Waals surface area contributed by atoms with Gasteiger partial charge in [-0.2, -0.15) is 0 Å². The lowest BCUT2D eigenvalue weighted by Gasteiger charge is -2.36. The van der Waals surface area contributed by atoms with Crippen LogP contribution in [0.3, 0.4) is 0 Å². The largest absolute Gasteiger partial charge is 0.348 e. The number of carbonyl (C=O) groups is 2. The lowest BCUT2D eigenvalue weighted by Crippen LogP contribution is -2.48. The fraction of sp³-hybridized carbons (Fsp3) is 0.438. The number of pyridine rings is 1. The van der Waals surface area contributed by atoms with E-state index in [-0.39, 0.29) is 17.9 Å². The Balaban J connectivity index is 1.58. The molecule has 3 rings (SSSR count). The maximum atomic E-state index is 12.1. The Morgan fingerprint density at radius 2 is 2.32 bits per heavy atom. The molecule has 2 N–H and O–H groups in total. The average Bonchev–Trinajstić information content (AvgIpc) is 2.55. The van der Waals surface area contributed by atoms with Crippen molar-refractivity contribution in [2.24, 2.45) is 0 Å². The molecule has 0 bridgehead atoms. The van der Waals surface area contributed by atoms with Crippen LogP contribution in [0.1, 0.15) is 31.2 Å². The fourth-order valence-electron chi connectivity index (χ4n) is 2.82. The van der Waals surface area contributed by atoms with Gasteiger partial charge in [0, 0.05) is 36.3 Å². The molecular formula is C16H19N3O2S. The molecule has 2 amide bonds. The molecule has 6 heteroatoms. The first-order chi connectivity index (χ1) is 10.7. The summed E-state index contributed by atoms with van der Waals surface area (Å²) in [6, 6.07) is 3.99. The maximum absolute atomic E-state index is 12.1. The molecule has 2 atom stereocenters. The molecule has 1 aromatic heterocycles. The van der Waals surface area contributed by atoms with Crippen molar-refractivity contribution in [3.8, 4) is 0 Å². The average molecular weight is 317 g/mol. The highest BCUT2D eigenvalue weighted by Crippen LogP contribution is 2.36. The van der Waals surface area contributed by atoms with E-state index in [4.69, 9.17) is 0 Å². The zero-order valence-corrected chi connectivity index (χ0v) is 13.1. The van der Waals surface area contributed by atoms with Gasteiger partial charge < -0.3 is 10.6 Å². The van der Waals surface area contributed by atoms with E-state index < -0.39 is 0 Å². The van der Waals surface area contributed by atoms with Crippen molar-refractivity contribution in [1.82, 2.24) is 15.6 Å². The third-order valence-corrected chi connectivity index (χ3v) is 5.40. The molecule has 2 aliphatic rings. The number of nitrogens with one attached hydrogen (secondary N) is 2. The van der Waals surface area contributed by atoms with E-state index in [1.54, 1.807) is 24.2 Å². The molecule has 2 heterocycles. The van der Waals surface area contributed by atoms with Crippen molar-refractivity contribution >= 4 is 23.6 Å². The van der Waals surface area contributed by atoms with Gasteiger partial charge in [-0.3, -0.25) is 14.6 Å². The van der Waals surface area contributed by atoms with Crippen molar-refractivity contribution in [1.29, 1.82) is 0 Å². The summed E-state index contributed by atoms with van der Waals surface area (Å²) in [4.78, 5) is 28.6. The van der Waals surface area contributed by atoms with Gasteiger partial charge in [0.05, 0.1) is 4.91 Å². The summed E-state index contributed by atoms with van der Waals surface area (Å²) in [6.45, 7) is 0.412. The van der Waals surface area contributed by atoms with Gasteiger partial charge in [0.1, 0.15) is 0 Å². The smallest absolute Gasteiger partial charge is 0.258 e. The highest BCUT2D eigenvalue weighted by molar-refractivity contribution is 8.04. The topological polar surface area (TPSA) is 71.1 Å². The van der Waals surface area contributed by atoms with E-state index >= 15 is 0 Å². The third-order valence-electron chi connectivity index (χ3n) is 3.97. The lowest BCUT2D eigenvalue weighted by atomic mass is 9.94. The Bertz CT molecular complexity index is 588. The van der Waals surface area contributed by atoms with Crippen LogP contribution < -0.4 is 10.6 Å². The zero-order chi connectivity index (χ0) is 15.4. The Kier molecular flexibility index (Phi) is 4.77. The molecule has 5 nitrogen and oxygen atoms in total. The minimum absolute atomic E-state index is 0.121. The molecule has 116 valence electrons. The SMILES string of the molecule is O=C(/C=C1\SC2CCCCC2NC1=O)NCc1cccnc1. The minimum Gasteiger partial charge on any atom is -0.348 e. The Hall–Kier alpha value is -1.82. The normalized spacial score (nSPS) is 26.2. The fourth-order valence-corrected chi connectivity index (χ4v) is 4.14. The van der Waals surface area contributed by atoms with Gasteiger partial charge in [0.15, 0.2) is 0 Å². The second-order valence-electron chi connectivity index (χ2n) is 5.61. The second-order valence-corrected chi connectivity index (χ2v) is 6.89. The van der Waals surface area contributed by atoms with Crippen LogP contribution in [0.25, 0.3) is 0 Å². The summed E-state index contributed by atoms with van der Waals surface area (Å²) >= 11 is 1.55. The Morgan fingerprint density at radius 3 is 3.14 bits per heavy atom. The van der Waals surface area contributed by atoms with Crippen LogP contribution in [0.15, 0.2) is 35.5 Å². The Morgan fingerprint density at radius 1 is 1.45 bits per heavy atom. The molecule has 1 aliphatic carbocycles. The van der Waals surface area contributed by atoms with Crippen molar-refractivity contribution < 1.29 is 9.59 Å². The highest BCUT2D eigenvalue weighted by Gasteiger charge is 2.34. The quantitative estimate of drug-likeness (QED) is 0.833. The number of fused-ring (bicyclic) bond motifs is 1. The minimum atomic E-state index is -0.240. The van der Waals surface area contributed by atoms with Gasteiger partial charge >= 0.3 is 0 Å². The molecule has 1 aromatic rings. The number of rotatable bonds is 3. The van der Waals surface area contributed by atoms with E-state index in [1.807, 2.05) is 12.1 Å². The van der Waals surface area contributed by atoms with E-state index in [0.29, 0.717) is 16.7 Å². The monoisotopic (exact) mass is 317 g/mol. The van der Waals surface area contributed by atoms with E-state index in [1.165, 1.54) is 18.9 Å². The van der Waals surface area contributed by atoms with Crippen molar-refractivity contribution in [3.63, 3.8) is 0 Å². The number of aromatic nitrogens is 1. The second kappa shape index (κ2) is 6.96. The molecule has 2 fully saturated rings. The molecule has 1 aliphatic heterocycles. The summed E-state index contributed by atoms with van der Waals surface area (Å²) < 4.78 is 0. The van der Waals surface area contributed by atoms with Crippen LogP contribution in [0.2, 0.25) is 0 Å². The molecule has 22 heavy (non-hydrogen) atoms. The molecule has 1 saturated carbocycles. The molecule has 0 radical (unpaired) electrons. The van der Waals surface area contributed by atoms with Gasteiger partial charge in [-0.1, -0.05) is 18.9 Å². The van der Waals surface area contributed by atoms with Gasteiger partial charge in [0.2, 0.25) is 5.91 Å². The first-order valence-electron chi connectivity index (χ1n) is 7.58. The van der Waals surface area contributed by atoms with Crippen molar-refractivity contribution in [3.05, 3.63) is 41.1 Å². The van der Waals surface area contributed by atoms with Gasteiger partial charge in [-0.25, -0.2) is 0 Å². The van der Waals surface area contributed by atoms with Crippen molar-refractivity contribution in [2.45, 2.75) is 43.5 Å². The summed E-state index contributed by atoms with van der Waals surface area (Å²) in [7, 11) is 0. The van der Waals surface area contributed by atoms with Gasteiger partial charge in [-0.05, 0) is 24.5 Å². The highest BCUT2D eigenvalue weighted by atomic mass is 32.2. The van der Waals surface area contributed by atoms with Crippen LogP contribution in [0.4, 0.5) is 0 Å². The number of hydrogen-bond donors (Lipinski definition) is 2. The first kappa shape index (κ1) is 15.1. The molecule has 2 unspecified atom stereocenters. The summed E-state index contributed by atoms with van der Waals surface area (Å²) in [6.07, 6.45) is 9.34. The number of carbonyl (C=O) groups excluding carboxylic acids is 2. The number of nitrogens with zero attached hydrogens (tertiary/aromatic N) is 1. The number of amides is 2. The molecule has 0 aromatic carbocycles.